The van der Waals surface area contributed by atoms with Crippen LogP contribution in [0, 0.1) is 0 Å². The summed E-state index contributed by atoms with van der Waals surface area (Å²) in [6.45, 7) is 0. The fraction of sp³-hybridized carbons (Fsp3) is 0.222. The van der Waals surface area contributed by atoms with E-state index in [0.717, 1.165) is 23.9 Å². The van der Waals surface area contributed by atoms with E-state index in [1.807, 2.05) is 0 Å². The van der Waals surface area contributed by atoms with Gasteiger partial charge in [-0.25, -0.2) is 0 Å². The zero-order valence-electron chi connectivity index (χ0n) is 13.7. The van der Waals surface area contributed by atoms with Crippen molar-refractivity contribution >= 4 is 29.3 Å². The number of benzene rings is 2. The van der Waals surface area contributed by atoms with E-state index in [2.05, 4.69) is 10.1 Å². The van der Waals surface area contributed by atoms with Crippen LogP contribution in [0.5, 0.6) is 0 Å². The minimum absolute atomic E-state index is 0.0319. The van der Waals surface area contributed by atoms with Crippen molar-refractivity contribution in [3.63, 3.8) is 0 Å². The van der Waals surface area contributed by atoms with Gasteiger partial charge in [-0.2, -0.15) is 13.2 Å². The van der Waals surface area contributed by atoms with Crippen LogP contribution < -0.4 is 5.32 Å². The highest BCUT2D eigenvalue weighted by Gasteiger charge is 2.31. The first-order valence-electron chi connectivity index (χ1n) is 7.52. The highest BCUT2D eigenvalue weighted by molar-refractivity contribution is 8.00. The molecule has 0 bridgehead atoms. The van der Waals surface area contributed by atoms with Crippen molar-refractivity contribution in [3.05, 3.63) is 65.7 Å². The molecule has 0 unspecified atom stereocenters. The average molecular weight is 383 g/mol. The van der Waals surface area contributed by atoms with Crippen LogP contribution in [-0.2, 0) is 20.5 Å². The van der Waals surface area contributed by atoms with E-state index < -0.39 is 28.9 Å². The molecule has 1 N–H and O–H groups in total. The second kappa shape index (κ2) is 8.75. The number of ether oxygens (including phenoxy) is 1. The van der Waals surface area contributed by atoms with Gasteiger partial charge >= 0.3 is 12.1 Å². The summed E-state index contributed by atoms with van der Waals surface area (Å²) in [6.07, 6.45) is -4.50. The molecule has 0 aromatic heterocycles. The summed E-state index contributed by atoms with van der Waals surface area (Å²) >= 11 is 1.04. The van der Waals surface area contributed by atoms with Crippen molar-refractivity contribution in [1.82, 2.24) is 0 Å². The molecule has 26 heavy (non-hydrogen) atoms. The second-order valence-electron chi connectivity index (χ2n) is 5.25. The lowest BCUT2D eigenvalue weighted by Crippen LogP contribution is -2.21. The molecule has 2 aromatic carbocycles. The van der Waals surface area contributed by atoms with Crippen LogP contribution in [0.15, 0.2) is 54.6 Å². The number of rotatable bonds is 6. The molecule has 0 radical (unpaired) electrons. The van der Waals surface area contributed by atoms with E-state index in [0.29, 0.717) is 5.56 Å². The van der Waals surface area contributed by atoms with Gasteiger partial charge in [0.15, 0.2) is 0 Å². The predicted molar refractivity (Wildman–Crippen MR) is 93.7 cm³/mol. The first-order valence-corrected chi connectivity index (χ1v) is 8.57. The Labute approximate surface area is 152 Å². The smallest absolute Gasteiger partial charge is 0.416 e. The molecule has 8 heteroatoms. The van der Waals surface area contributed by atoms with Crippen LogP contribution in [0.3, 0.4) is 0 Å². The van der Waals surface area contributed by atoms with Crippen molar-refractivity contribution in [1.29, 1.82) is 0 Å². The first kappa shape index (κ1) is 19.8. The van der Waals surface area contributed by atoms with E-state index in [4.69, 9.17) is 0 Å². The fourth-order valence-corrected chi connectivity index (χ4v) is 3.12. The molecule has 1 amide bonds. The van der Waals surface area contributed by atoms with Crippen LogP contribution >= 0.6 is 11.8 Å². The van der Waals surface area contributed by atoms with Crippen LogP contribution in [0.4, 0.5) is 18.9 Å². The predicted octanol–water partition coefficient (Wildman–Crippen LogP) is 4.29. The maximum Gasteiger partial charge on any atom is 0.416 e. The summed E-state index contributed by atoms with van der Waals surface area (Å²) in [5.41, 5.74) is -0.191. The average Bonchev–Trinajstić information content (AvgIpc) is 2.62. The standard InChI is InChI=1S/C18H16F3NO3S/c1-25-15(23)11-26-16(12-6-3-2-4-7-12)17(24)22-14-9-5-8-13(10-14)18(19,20)21/h2-10,16H,11H2,1H3,(H,22,24)/t16-/m0/s1. The van der Waals surface area contributed by atoms with Crippen LogP contribution in [0.2, 0.25) is 0 Å². The molecule has 2 rings (SSSR count). The molecule has 0 heterocycles. The molecule has 0 aliphatic rings. The van der Waals surface area contributed by atoms with Crippen LogP contribution in [0.1, 0.15) is 16.4 Å². The van der Waals surface area contributed by atoms with Gasteiger partial charge in [0.05, 0.1) is 18.4 Å². The number of nitrogens with one attached hydrogen (secondary N) is 1. The Kier molecular flexibility index (Phi) is 6.68. The largest absolute Gasteiger partial charge is 0.468 e. The lowest BCUT2D eigenvalue weighted by Gasteiger charge is -2.17. The Hall–Kier alpha value is -2.48. The molecule has 2 aromatic rings. The number of alkyl halides is 3. The lowest BCUT2D eigenvalue weighted by molar-refractivity contribution is -0.138. The van der Waals surface area contributed by atoms with Gasteiger partial charge in [-0.3, -0.25) is 9.59 Å². The fourth-order valence-electron chi connectivity index (χ4n) is 2.14. The van der Waals surface area contributed by atoms with Gasteiger partial charge in [-0.15, -0.1) is 11.8 Å². The number of anilines is 1. The lowest BCUT2D eigenvalue weighted by atomic mass is 10.1. The molecule has 1 atom stereocenters. The number of halogens is 3. The van der Waals surface area contributed by atoms with Gasteiger partial charge in [0.1, 0.15) is 5.25 Å². The summed E-state index contributed by atoms with van der Waals surface area (Å²) in [7, 11) is 1.24. The summed E-state index contributed by atoms with van der Waals surface area (Å²) in [5.74, 6) is -1.08. The quantitative estimate of drug-likeness (QED) is 0.756. The van der Waals surface area contributed by atoms with E-state index in [-0.39, 0.29) is 11.4 Å². The molecule has 138 valence electrons. The monoisotopic (exact) mass is 383 g/mol. The van der Waals surface area contributed by atoms with E-state index >= 15 is 0 Å². The van der Waals surface area contributed by atoms with E-state index in [9.17, 15) is 22.8 Å². The third-order valence-electron chi connectivity index (χ3n) is 3.39. The Morgan fingerprint density at radius 3 is 2.42 bits per heavy atom. The van der Waals surface area contributed by atoms with Crippen LogP contribution in [0.25, 0.3) is 0 Å². The van der Waals surface area contributed by atoms with E-state index in [1.165, 1.54) is 19.2 Å². The number of thioether (sulfide) groups is 1. The number of carbonyl (C=O) groups excluding carboxylic acids is 2. The topological polar surface area (TPSA) is 55.4 Å². The Morgan fingerprint density at radius 2 is 1.81 bits per heavy atom. The summed E-state index contributed by atoms with van der Waals surface area (Å²) in [4.78, 5) is 24.0. The van der Waals surface area contributed by atoms with Crippen molar-refractivity contribution < 1.29 is 27.5 Å². The molecule has 0 fully saturated rings. The molecule has 0 saturated carbocycles. The third-order valence-corrected chi connectivity index (χ3v) is 4.62. The van der Waals surface area contributed by atoms with Gasteiger partial charge in [-0.05, 0) is 23.8 Å². The highest BCUT2D eigenvalue weighted by Crippen LogP contribution is 2.33. The SMILES string of the molecule is COC(=O)CS[C@H](C(=O)Nc1cccc(C(F)(F)F)c1)c1ccccc1. The highest BCUT2D eigenvalue weighted by atomic mass is 32.2. The molecule has 0 aliphatic heterocycles. The molecule has 0 spiro atoms. The number of esters is 1. The molecular weight excluding hydrogens is 367 g/mol. The van der Waals surface area contributed by atoms with Gasteiger partial charge < -0.3 is 10.1 Å². The maximum absolute atomic E-state index is 12.8. The number of hydrogen-bond donors (Lipinski definition) is 1. The zero-order valence-corrected chi connectivity index (χ0v) is 14.6. The number of methoxy groups -OCH3 is 1. The summed E-state index contributed by atoms with van der Waals surface area (Å²) in [5, 5.41) is 1.71. The number of hydrogen-bond acceptors (Lipinski definition) is 4. The Bertz CT molecular complexity index is 766. The molecular formula is C18H16F3NO3S. The zero-order chi connectivity index (χ0) is 19.2. The van der Waals surface area contributed by atoms with Crippen molar-refractivity contribution in [2.75, 3.05) is 18.2 Å². The summed E-state index contributed by atoms with van der Waals surface area (Å²) < 4.78 is 43.0. The number of amides is 1. The maximum atomic E-state index is 12.8. The van der Waals surface area contributed by atoms with Crippen molar-refractivity contribution in [2.45, 2.75) is 11.4 Å². The number of carbonyl (C=O) groups is 2. The van der Waals surface area contributed by atoms with Crippen molar-refractivity contribution in [2.24, 2.45) is 0 Å². The molecule has 0 aliphatic carbocycles. The Morgan fingerprint density at radius 1 is 1.12 bits per heavy atom. The molecule has 0 saturated heterocycles. The van der Waals surface area contributed by atoms with Gasteiger partial charge in [0.2, 0.25) is 5.91 Å². The first-order chi connectivity index (χ1) is 12.3. The third kappa shape index (κ3) is 5.52. The molecule has 4 nitrogen and oxygen atoms in total. The minimum atomic E-state index is -4.50. The van der Waals surface area contributed by atoms with Gasteiger partial charge in [0, 0.05) is 5.69 Å². The van der Waals surface area contributed by atoms with Crippen LogP contribution in [-0.4, -0.2) is 24.7 Å². The minimum Gasteiger partial charge on any atom is -0.468 e. The Balaban J connectivity index is 2.20. The second-order valence-corrected chi connectivity index (χ2v) is 6.34. The normalized spacial score (nSPS) is 12.3. The van der Waals surface area contributed by atoms with Gasteiger partial charge in [-0.1, -0.05) is 36.4 Å². The van der Waals surface area contributed by atoms with Crippen molar-refractivity contribution in [3.8, 4) is 0 Å². The van der Waals surface area contributed by atoms with E-state index in [1.54, 1.807) is 30.3 Å². The summed E-state index contributed by atoms with van der Waals surface area (Å²) in [6, 6.07) is 13.0. The van der Waals surface area contributed by atoms with Gasteiger partial charge in [0.25, 0.3) is 0 Å².